The SMILES string of the molecule is CCCOc1ccc(C(=O)Nc2ccc(S(=O)(=O)N3CCCCCC3)cc2)cc1Br. The lowest BCUT2D eigenvalue weighted by atomic mass is 10.2. The van der Waals surface area contributed by atoms with Crippen molar-refractivity contribution >= 4 is 37.5 Å². The largest absolute Gasteiger partial charge is 0.492 e. The molecule has 0 aromatic heterocycles. The van der Waals surface area contributed by atoms with Gasteiger partial charge < -0.3 is 10.1 Å². The van der Waals surface area contributed by atoms with Crippen LogP contribution in [-0.4, -0.2) is 38.3 Å². The van der Waals surface area contributed by atoms with E-state index in [0.29, 0.717) is 41.2 Å². The maximum absolute atomic E-state index is 12.9. The van der Waals surface area contributed by atoms with E-state index < -0.39 is 10.0 Å². The topological polar surface area (TPSA) is 75.7 Å². The van der Waals surface area contributed by atoms with E-state index in [1.54, 1.807) is 46.8 Å². The number of amides is 1. The van der Waals surface area contributed by atoms with Crippen molar-refractivity contribution in [3.05, 3.63) is 52.5 Å². The molecule has 1 aliphatic heterocycles. The molecule has 0 atom stereocenters. The third-order valence-electron chi connectivity index (χ3n) is 4.97. The normalized spacial score (nSPS) is 15.4. The van der Waals surface area contributed by atoms with E-state index >= 15 is 0 Å². The van der Waals surface area contributed by atoms with E-state index in [2.05, 4.69) is 21.2 Å². The number of carbonyl (C=O) groups is 1. The summed E-state index contributed by atoms with van der Waals surface area (Å²) in [7, 11) is -3.50. The molecule has 0 aliphatic carbocycles. The minimum Gasteiger partial charge on any atom is -0.492 e. The zero-order valence-corrected chi connectivity index (χ0v) is 19.5. The quantitative estimate of drug-likeness (QED) is 0.583. The van der Waals surface area contributed by atoms with E-state index in [1.807, 2.05) is 6.92 Å². The van der Waals surface area contributed by atoms with Crippen LogP contribution in [0.25, 0.3) is 0 Å². The fraction of sp³-hybridized carbons (Fsp3) is 0.409. The maximum atomic E-state index is 12.9. The minimum absolute atomic E-state index is 0.252. The number of carbonyl (C=O) groups excluding carboxylic acids is 1. The van der Waals surface area contributed by atoms with Gasteiger partial charge in [-0.15, -0.1) is 0 Å². The first-order valence-corrected chi connectivity index (χ1v) is 12.5. The number of hydrogen-bond acceptors (Lipinski definition) is 4. The molecule has 0 unspecified atom stereocenters. The lowest BCUT2D eigenvalue weighted by Gasteiger charge is -2.20. The van der Waals surface area contributed by atoms with Crippen LogP contribution in [-0.2, 0) is 10.0 Å². The number of rotatable bonds is 7. The number of ether oxygens (including phenoxy) is 1. The Labute approximate surface area is 186 Å². The summed E-state index contributed by atoms with van der Waals surface area (Å²) >= 11 is 3.43. The van der Waals surface area contributed by atoms with Gasteiger partial charge in [0.2, 0.25) is 10.0 Å². The molecule has 0 spiro atoms. The number of sulfonamides is 1. The summed E-state index contributed by atoms with van der Waals surface area (Å²) in [5.74, 6) is 0.414. The summed E-state index contributed by atoms with van der Waals surface area (Å²) in [6.45, 7) is 3.76. The zero-order chi connectivity index (χ0) is 21.6. The van der Waals surface area contributed by atoms with E-state index in [0.717, 1.165) is 32.1 Å². The standard InChI is InChI=1S/C22H27BrN2O4S/c1-2-15-29-21-12-7-17(16-20(21)23)22(26)24-18-8-10-19(11-9-18)30(27,28)25-13-5-3-4-6-14-25/h7-12,16H,2-6,13-15H2,1H3,(H,24,26). The highest BCUT2D eigenvalue weighted by Crippen LogP contribution is 2.27. The molecule has 1 heterocycles. The Bertz CT molecular complexity index is 969. The summed E-state index contributed by atoms with van der Waals surface area (Å²) in [5.41, 5.74) is 1.02. The Balaban J connectivity index is 1.68. The Hall–Kier alpha value is -1.90. The van der Waals surface area contributed by atoms with Gasteiger partial charge in [0.05, 0.1) is 16.0 Å². The van der Waals surface area contributed by atoms with Crippen LogP contribution in [0.3, 0.4) is 0 Å². The molecule has 1 amide bonds. The molecule has 0 bridgehead atoms. The van der Waals surface area contributed by atoms with Gasteiger partial charge in [-0.05, 0) is 77.7 Å². The van der Waals surface area contributed by atoms with Gasteiger partial charge in [0.25, 0.3) is 5.91 Å². The number of benzene rings is 2. The zero-order valence-electron chi connectivity index (χ0n) is 17.1. The number of nitrogens with one attached hydrogen (secondary N) is 1. The molecule has 1 saturated heterocycles. The number of hydrogen-bond donors (Lipinski definition) is 1. The van der Waals surface area contributed by atoms with Crippen molar-refractivity contribution in [2.45, 2.75) is 43.9 Å². The van der Waals surface area contributed by atoms with Crippen LogP contribution in [0.5, 0.6) is 5.75 Å². The fourth-order valence-electron chi connectivity index (χ4n) is 3.32. The highest BCUT2D eigenvalue weighted by molar-refractivity contribution is 9.10. The van der Waals surface area contributed by atoms with Crippen LogP contribution in [0.15, 0.2) is 51.8 Å². The van der Waals surface area contributed by atoms with Crippen molar-refractivity contribution in [3.63, 3.8) is 0 Å². The Morgan fingerprint density at radius 1 is 1.07 bits per heavy atom. The Morgan fingerprint density at radius 2 is 1.73 bits per heavy atom. The van der Waals surface area contributed by atoms with Crippen LogP contribution in [0.1, 0.15) is 49.4 Å². The predicted molar refractivity (Wildman–Crippen MR) is 122 cm³/mol. The average Bonchev–Trinajstić information content (AvgIpc) is 3.03. The lowest BCUT2D eigenvalue weighted by molar-refractivity contribution is 0.102. The van der Waals surface area contributed by atoms with Gasteiger partial charge >= 0.3 is 0 Å². The summed E-state index contributed by atoms with van der Waals surface area (Å²) in [5, 5.41) is 2.81. The molecule has 8 heteroatoms. The first-order valence-electron chi connectivity index (χ1n) is 10.3. The molecule has 2 aromatic rings. The highest BCUT2D eigenvalue weighted by atomic mass is 79.9. The summed E-state index contributed by atoms with van der Waals surface area (Å²) in [6, 6.07) is 11.5. The lowest BCUT2D eigenvalue weighted by Crippen LogP contribution is -2.31. The summed E-state index contributed by atoms with van der Waals surface area (Å²) in [6.07, 6.45) is 4.83. The monoisotopic (exact) mass is 494 g/mol. The van der Waals surface area contributed by atoms with Gasteiger partial charge in [-0.2, -0.15) is 4.31 Å². The Kier molecular flexibility index (Phi) is 7.91. The van der Waals surface area contributed by atoms with Gasteiger partial charge in [0.15, 0.2) is 0 Å². The van der Waals surface area contributed by atoms with Gasteiger partial charge in [0.1, 0.15) is 5.75 Å². The van der Waals surface area contributed by atoms with Crippen molar-refractivity contribution in [2.75, 3.05) is 25.0 Å². The molecule has 0 saturated carbocycles. The minimum atomic E-state index is -3.50. The van der Waals surface area contributed by atoms with Crippen LogP contribution in [0.4, 0.5) is 5.69 Å². The molecule has 1 fully saturated rings. The second-order valence-corrected chi connectivity index (χ2v) is 10.1. The molecule has 162 valence electrons. The van der Waals surface area contributed by atoms with Crippen molar-refractivity contribution < 1.29 is 17.9 Å². The third-order valence-corrected chi connectivity index (χ3v) is 7.50. The molecule has 0 radical (unpaired) electrons. The van der Waals surface area contributed by atoms with Crippen LogP contribution < -0.4 is 10.1 Å². The summed E-state index contributed by atoms with van der Waals surface area (Å²) in [4.78, 5) is 12.8. The molecule has 1 N–H and O–H groups in total. The van der Waals surface area contributed by atoms with E-state index in [4.69, 9.17) is 4.74 Å². The van der Waals surface area contributed by atoms with Gasteiger partial charge in [0, 0.05) is 24.3 Å². The van der Waals surface area contributed by atoms with Crippen LogP contribution in [0, 0.1) is 0 Å². The van der Waals surface area contributed by atoms with Gasteiger partial charge in [-0.3, -0.25) is 4.79 Å². The van der Waals surface area contributed by atoms with E-state index in [1.165, 1.54) is 0 Å². The smallest absolute Gasteiger partial charge is 0.255 e. The Morgan fingerprint density at radius 3 is 2.33 bits per heavy atom. The number of nitrogens with zero attached hydrogens (tertiary/aromatic N) is 1. The van der Waals surface area contributed by atoms with E-state index in [-0.39, 0.29) is 10.8 Å². The molecule has 3 rings (SSSR count). The third kappa shape index (κ3) is 5.62. The van der Waals surface area contributed by atoms with Crippen LogP contribution in [0.2, 0.25) is 0 Å². The van der Waals surface area contributed by atoms with Crippen molar-refractivity contribution in [1.29, 1.82) is 0 Å². The maximum Gasteiger partial charge on any atom is 0.255 e. The molecule has 30 heavy (non-hydrogen) atoms. The first kappa shape index (κ1) is 22.8. The highest BCUT2D eigenvalue weighted by Gasteiger charge is 2.25. The molecule has 6 nitrogen and oxygen atoms in total. The first-order chi connectivity index (χ1) is 14.4. The molecule has 1 aliphatic rings. The molecular formula is C22H27BrN2O4S. The predicted octanol–water partition coefficient (Wildman–Crippen LogP) is 5.05. The van der Waals surface area contributed by atoms with Gasteiger partial charge in [-0.1, -0.05) is 19.8 Å². The van der Waals surface area contributed by atoms with E-state index in [9.17, 15) is 13.2 Å². The molecule has 2 aromatic carbocycles. The average molecular weight is 495 g/mol. The van der Waals surface area contributed by atoms with Gasteiger partial charge in [-0.25, -0.2) is 8.42 Å². The van der Waals surface area contributed by atoms with Crippen molar-refractivity contribution in [1.82, 2.24) is 4.31 Å². The van der Waals surface area contributed by atoms with Crippen molar-refractivity contribution in [3.8, 4) is 5.75 Å². The number of anilines is 1. The number of halogens is 1. The second-order valence-electron chi connectivity index (χ2n) is 7.29. The fourth-order valence-corrected chi connectivity index (χ4v) is 5.33. The van der Waals surface area contributed by atoms with Crippen molar-refractivity contribution in [2.24, 2.45) is 0 Å². The second kappa shape index (κ2) is 10.4. The van der Waals surface area contributed by atoms with Crippen LogP contribution >= 0.6 is 15.9 Å². The summed E-state index contributed by atoms with van der Waals surface area (Å²) < 4.78 is 33.6. The molecular weight excluding hydrogens is 468 g/mol.